The predicted molar refractivity (Wildman–Crippen MR) is 132 cm³/mol. The number of nitro groups is 1. The van der Waals surface area contributed by atoms with Gasteiger partial charge in [-0.15, -0.1) is 0 Å². The molecule has 0 saturated heterocycles. The van der Waals surface area contributed by atoms with Crippen molar-refractivity contribution in [2.45, 2.75) is 4.90 Å². The number of benzene rings is 4. The second kappa shape index (κ2) is 9.71. The Labute approximate surface area is 225 Å². The van der Waals surface area contributed by atoms with Gasteiger partial charge in [-0.3, -0.25) is 14.9 Å². The lowest BCUT2D eigenvalue weighted by Gasteiger charge is -2.18. The number of carboxylic acid groups (broad SMARTS) is 1. The average Bonchev–Trinajstić information content (AvgIpc) is 2.93. The Kier molecular flexibility index (Phi) is 6.45. The molecule has 0 atom stereocenters. The molecular formula is C26H11F4NO9S. The Bertz CT molecular complexity index is 2080. The van der Waals surface area contributed by atoms with Crippen molar-refractivity contribution in [1.82, 2.24) is 0 Å². The van der Waals surface area contributed by atoms with Gasteiger partial charge in [-0.2, -0.15) is 17.2 Å². The van der Waals surface area contributed by atoms with Crippen molar-refractivity contribution in [3.05, 3.63) is 110 Å². The van der Waals surface area contributed by atoms with Gasteiger partial charge < -0.3 is 13.7 Å². The molecule has 1 N–H and O–H groups in total. The molecule has 3 aromatic rings. The van der Waals surface area contributed by atoms with Crippen molar-refractivity contribution in [2.75, 3.05) is 0 Å². The lowest BCUT2D eigenvalue weighted by Crippen LogP contribution is -2.15. The number of fused-ring (bicyclic) bond motifs is 2. The summed E-state index contributed by atoms with van der Waals surface area (Å²) in [6.45, 7) is 0. The first-order valence-corrected chi connectivity index (χ1v) is 12.5. The first kappa shape index (κ1) is 27.3. The zero-order chi connectivity index (χ0) is 29.8. The first-order valence-electron chi connectivity index (χ1n) is 11.1. The van der Waals surface area contributed by atoms with Gasteiger partial charge in [0.2, 0.25) is 17.4 Å². The molecule has 10 nitrogen and oxygen atoms in total. The van der Waals surface area contributed by atoms with Crippen LogP contribution in [0.3, 0.4) is 0 Å². The molecule has 41 heavy (non-hydrogen) atoms. The van der Waals surface area contributed by atoms with E-state index in [0.717, 1.165) is 36.4 Å². The second-order valence-electron chi connectivity index (χ2n) is 8.35. The van der Waals surface area contributed by atoms with Crippen LogP contribution in [0, 0.1) is 33.4 Å². The Morgan fingerprint density at radius 2 is 1.59 bits per heavy atom. The van der Waals surface area contributed by atoms with Crippen LogP contribution in [0.25, 0.3) is 33.4 Å². The summed E-state index contributed by atoms with van der Waals surface area (Å²) in [6.07, 6.45) is 0. The van der Waals surface area contributed by atoms with Gasteiger partial charge in [0, 0.05) is 22.6 Å². The minimum absolute atomic E-state index is 0.289. The number of carbonyl (C=O) groups is 1. The van der Waals surface area contributed by atoms with Gasteiger partial charge in [-0.25, -0.2) is 13.6 Å². The summed E-state index contributed by atoms with van der Waals surface area (Å²) < 4.78 is 95.8. The zero-order valence-electron chi connectivity index (χ0n) is 19.9. The molecule has 0 amide bonds. The topological polar surface area (TPSA) is 154 Å². The molecule has 208 valence electrons. The lowest BCUT2D eigenvalue weighted by molar-refractivity contribution is -0.387. The normalized spacial score (nSPS) is 11.6. The molecule has 0 spiro atoms. The van der Waals surface area contributed by atoms with Crippen molar-refractivity contribution in [1.29, 1.82) is 0 Å². The van der Waals surface area contributed by atoms with Gasteiger partial charge >= 0.3 is 16.1 Å². The molecule has 0 fully saturated rings. The van der Waals surface area contributed by atoms with E-state index in [0.29, 0.717) is 12.1 Å². The van der Waals surface area contributed by atoms with Crippen molar-refractivity contribution in [3.8, 4) is 28.2 Å². The number of para-hydroxylation sites is 1. The molecule has 2 aliphatic rings. The highest BCUT2D eigenvalue weighted by atomic mass is 32.2. The number of nitro benzene ring substituents is 1. The highest BCUT2D eigenvalue weighted by Gasteiger charge is 2.33. The van der Waals surface area contributed by atoms with Gasteiger partial charge in [0.05, 0.1) is 10.5 Å². The summed E-state index contributed by atoms with van der Waals surface area (Å²) in [6, 6.07) is 9.63. The monoisotopic (exact) mass is 589 g/mol. The number of carboxylic acids is 1. The zero-order valence-corrected chi connectivity index (χ0v) is 20.7. The number of rotatable bonds is 6. The number of aromatic carboxylic acids is 1. The van der Waals surface area contributed by atoms with E-state index in [1.807, 2.05) is 0 Å². The van der Waals surface area contributed by atoms with Crippen LogP contribution in [-0.4, -0.2) is 24.4 Å². The quantitative estimate of drug-likeness (QED) is 0.0890. The molecule has 0 bridgehead atoms. The summed E-state index contributed by atoms with van der Waals surface area (Å²) in [7, 11) is -5.26. The van der Waals surface area contributed by atoms with E-state index >= 15 is 8.78 Å². The van der Waals surface area contributed by atoms with E-state index in [1.165, 1.54) is 12.1 Å². The van der Waals surface area contributed by atoms with Gasteiger partial charge in [0.15, 0.2) is 27.9 Å². The molecule has 0 aromatic heterocycles. The standard InChI is InChI=1S/C26H11F4NO9S/c27-15-9-13-19(11-5-1-2-6-12(11)26(33)34)14-10-16(28)25(21(30)24(14)39-23(13)20(29)22(15)32)40-41(37,38)18-8-4-3-7-17(18)31(35)36/h1-10H,(H,33,34). The molecule has 5 rings (SSSR count). The molecule has 1 aliphatic heterocycles. The van der Waals surface area contributed by atoms with Crippen LogP contribution in [0.1, 0.15) is 10.4 Å². The smallest absolute Gasteiger partial charge is 0.346 e. The first-order chi connectivity index (χ1) is 19.3. The molecule has 1 aliphatic carbocycles. The summed E-state index contributed by atoms with van der Waals surface area (Å²) in [5.74, 6) is -11.3. The summed E-state index contributed by atoms with van der Waals surface area (Å²) >= 11 is 0. The molecule has 3 aromatic carbocycles. The highest BCUT2D eigenvalue weighted by molar-refractivity contribution is 7.87. The van der Waals surface area contributed by atoms with Crippen LogP contribution in [0.4, 0.5) is 23.2 Å². The fraction of sp³-hybridized carbons (Fsp3) is 0. The highest BCUT2D eigenvalue weighted by Crippen LogP contribution is 2.45. The third kappa shape index (κ3) is 4.41. The molecule has 0 saturated carbocycles. The largest absolute Gasteiger partial charge is 0.478 e. The van der Waals surface area contributed by atoms with E-state index in [2.05, 4.69) is 4.18 Å². The Morgan fingerprint density at radius 3 is 2.27 bits per heavy atom. The number of halogens is 4. The van der Waals surface area contributed by atoms with Crippen molar-refractivity contribution >= 4 is 32.7 Å². The Hall–Kier alpha value is -5.31. The average molecular weight is 589 g/mol. The van der Waals surface area contributed by atoms with E-state index in [-0.39, 0.29) is 5.56 Å². The second-order valence-corrected chi connectivity index (χ2v) is 9.86. The third-order valence-electron chi connectivity index (χ3n) is 5.96. The predicted octanol–water partition coefficient (Wildman–Crippen LogP) is 5.50. The molecule has 15 heteroatoms. The van der Waals surface area contributed by atoms with Crippen LogP contribution in [0.2, 0.25) is 0 Å². The van der Waals surface area contributed by atoms with Gasteiger partial charge in [0.25, 0.3) is 11.1 Å². The lowest BCUT2D eigenvalue weighted by atomic mass is 9.90. The summed E-state index contributed by atoms with van der Waals surface area (Å²) in [5.41, 5.74) is -5.65. The van der Waals surface area contributed by atoms with Crippen LogP contribution < -0.4 is 9.61 Å². The number of hydrogen-bond acceptors (Lipinski definition) is 8. The fourth-order valence-electron chi connectivity index (χ4n) is 4.21. The van der Waals surface area contributed by atoms with Gasteiger partial charge in [0.1, 0.15) is 0 Å². The number of hydrogen-bond donors (Lipinski definition) is 1. The Balaban J connectivity index is 1.87. The van der Waals surface area contributed by atoms with Gasteiger partial charge in [-0.1, -0.05) is 30.3 Å². The number of nitrogens with zero attached hydrogens (tertiary/aromatic N) is 1. The van der Waals surface area contributed by atoms with E-state index in [1.54, 1.807) is 0 Å². The molecule has 1 heterocycles. The molecule has 0 unspecified atom stereocenters. The Morgan fingerprint density at radius 1 is 0.927 bits per heavy atom. The maximum Gasteiger partial charge on any atom is 0.346 e. The van der Waals surface area contributed by atoms with Gasteiger partial charge in [-0.05, 0) is 29.8 Å². The summed E-state index contributed by atoms with van der Waals surface area (Å²) in [4.78, 5) is 33.0. The van der Waals surface area contributed by atoms with E-state index < -0.39 is 99.5 Å². The minimum Gasteiger partial charge on any atom is -0.478 e. The fourth-order valence-corrected chi connectivity index (χ4v) is 5.32. The minimum atomic E-state index is -5.26. The van der Waals surface area contributed by atoms with Crippen LogP contribution >= 0.6 is 0 Å². The maximum absolute atomic E-state index is 15.8. The maximum atomic E-state index is 15.8. The SMILES string of the molecule is O=C(O)c1ccccc1-c1c2cc(F)c(=O)c(F)c-2oc2c(F)c(OS(=O)(=O)c3ccccc3[N+](=O)[O-])c(F)cc12. The van der Waals surface area contributed by atoms with Crippen LogP contribution in [0.5, 0.6) is 5.75 Å². The molecule has 0 radical (unpaired) electrons. The van der Waals surface area contributed by atoms with Crippen molar-refractivity contribution in [3.63, 3.8) is 0 Å². The van der Waals surface area contributed by atoms with E-state index in [9.17, 15) is 42.0 Å². The van der Waals surface area contributed by atoms with Crippen molar-refractivity contribution in [2.24, 2.45) is 0 Å². The van der Waals surface area contributed by atoms with Crippen molar-refractivity contribution < 1.29 is 49.4 Å². The summed E-state index contributed by atoms with van der Waals surface area (Å²) in [5, 5.41) is 20.3. The van der Waals surface area contributed by atoms with Crippen LogP contribution in [0.15, 0.2) is 74.8 Å². The molecular weight excluding hydrogens is 578 g/mol. The van der Waals surface area contributed by atoms with E-state index in [4.69, 9.17) is 4.42 Å². The third-order valence-corrected chi connectivity index (χ3v) is 7.23. The van der Waals surface area contributed by atoms with Crippen LogP contribution in [-0.2, 0) is 10.1 Å².